The normalized spacial score (nSPS) is 10.1. The van der Waals surface area contributed by atoms with E-state index in [0.717, 1.165) is 11.1 Å². The molecule has 0 saturated carbocycles. The smallest absolute Gasteiger partial charge is 0.123 e. The van der Waals surface area contributed by atoms with E-state index in [-0.39, 0.29) is 5.82 Å². The van der Waals surface area contributed by atoms with Gasteiger partial charge in [0.25, 0.3) is 0 Å². The van der Waals surface area contributed by atoms with Gasteiger partial charge in [-0.2, -0.15) is 0 Å². The highest BCUT2D eigenvalue weighted by Crippen LogP contribution is 2.14. The molecule has 0 aromatic heterocycles. The highest BCUT2D eigenvalue weighted by Gasteiger charge is 2.03. The molecule has 0 aliphatic heterocycles. The molecule has 0 fully saturated rings. The summed E-state index contributed by atoms with van der Waals surface area (Å²) in [6, 6.07) is 13.6. The Labute approximate surface area is 116 Å². The minimum absolute atomic E-state index is 0.271. The Balaban J connectivity index is 2.01. The van der Waals surface area contributed by atoms with Gasteiger partial charge < -0.3 is 5.32 Å². The summed E-state index contributed by atoms with van der Waals surface area (Å²) in [7, 11) is 0. The van der Waals surface area contributed by atoms with Crippen LogP contribution in [0, 0.1) is 5.82 Å². The highest BCUT2D eigenvalue weighted by atomic mass is 35.5. The molecule has 0 aliphatic carbocycles. The number of hydrogen-bond donors (Lipinski definition) is 1. The molecule has 4 heteroatoms. The van der Waals surface area contributed by atoms with Crippen molar-refractivity contribution in [1.29, 1.82) is 0 Å². The number of halogens is 2. The molecule has 0 amide bonds. The third-order valence-electron chi connectivity index (χ3n) is 2.50. The van der Waals surface area contributed by atoms with Gasteiger partial charge in [-0.15, -0.1) is 0 Å². The average Bonchev–Trinajstić information content (AvgIpc) is 2.38. The fourth-order valence-electron chi connectivity index (χ4n) is 1.52. The molecule has 0 spiro atoms. The molecule has 18 heavy (non-hydrogen) atoms. The molecular formula is C14H11ClFNS. The molecule has 0 saturated heterocycles. The van der Waals surface area contributed by atoms with Gasteiger partial charge >= 0.3 is 0 Å². The number of rotatable bonds is 3. The predicted molar refractivity (Wildman–Crippen MR) is 76.4 cm³/mol. The Morgan fingerprint density at radius 3 is 2.44 bits per heavy atom. The quantitative estimate of drug-likeness (QED) is 0.854. The second-order valence-electron chi connectivity index (χ2n) is 3.78. The van der Waals surface area contributed by atoms with E-state index in [4.69, 9.17) is 23.8 Å². The predicted octanol–water partition coefficient (Wildman–Crippen LogP) is 3.94. The van der Waals surface area contributed by atoms with Crippen LogP contribution in [0.4, 0.5) is 4.39 Å². The maximum atomic E-state index is 12.8. The van der Waals surface area contributed by atoms with Gasteiger partial charge in [0.05, 0.1) is 0 Å². The summed E-state index contributed by atoms with van der Waals surface area (Å²) in [6.45, 7) is 0.551. The molecule has 0 unspecified atom stereocenters. The fraction of sp³-hybridized carbons (Fsp3) is 0.0714. The molecule has 0 atom stereocenters. The average molecular weight is 280 g/mol. The molecule has 1 N–H and O–H groups in total. The Hall–Kier alpha value is -1.45. The van der Waals surface area contributed by atoms with Crippen LogP contribution in [0.15, 0.2) is 48.5 Å². The molecule has 1 nitrogen and oxygen atoms in total. The summed E-state index contributed by atoms with van der Waals surface area (Å²) in [5.74, 6) is -0.271. The van der Waals surface area contributed by atoms with Crippen molar-refractivity contribution in [1.82, 2.24) is 5.32 Å². The Morgan fingerprint density at radius 2 is 1.78 bits per heavy atom. The molecule has 2 aromatic rings. The number of nitrogens with one attached hydrogen (secondary N) is 1. The van der Waals surface area contributed by atoms with Crippen LogP contribution in [0.2, 0.25) is 5.02 Å². The summed E-state index contributed by atoms with van der Waals surface area (Å²) >= 11 is 11.3. The molecule has 2 aromatic carbocycles. The lowest BCUT2D eigenvalue weighted by Gasteiger charge is -2.09. The minimum Gasteiger partial charge on any atom is -0.372 e. The van der Waals surface area contributed by atoms with Crippen molar-refractivity contribution in [3.8, 4) is 0 Å². The fourth-order valence-corrected chi connectivity index (χ4v) is 1.93. The summed E-state index contributed by atoms with van der Waals surface area (Å²) in [6.07, 6.45) is 0. The lowest BCUT2D eigenvalue weighted by atomic mass is 10.2. The van der Waals surface area contributed by atoms with Gasteiger partial charge in [-0.25, -0.2) is 4.39 Å². The first-order valence-corrected chi connectivity index (χ1v) is 6.22. The second kappa shape index (κ2) is 5.94. The third kappa shape index (κ3) is 3.28. The van der Waals surface area contributed by atoms with Crippen molar-refractivity contribution in [2.24, 2.45) is 0 Å². The van der Waals surface area contributed by atoms with Crippen molar-refractivity contribution in [2.45, 2.75) is 6.54 Å². The van der Waals surface area contributed by atoms with E-state index >= 15 is 0 Å². The zero-order chi connectivity index (χ0) is 13.0. The zero-order valence-corrected chi connectivity index (χ0v) is 11.1. The topological polar surface area (TPSA) is 12.0 Å². The molecule has 0 aliphatic rings. The van der Waals surface area contributed by atoms with Crippen LogP contribution in [0.1, 0.15) is 11.1 Å². The minimum atomic E-state index is -0.271. The van der Waals surface area contributed by atoms with Crippen LogP contribution in [-0.2, 0) is 6.54 Å². The van der Waals surface area contributed by atoms with Gasteiger partial charge in [-0.3, -0.25) is 0 Å². The SMILES string of the molecule is Fc1ccc(C(=S)NCc2ccccc2Cl)cc1. The molecule has 2 rings (SSSR count). The van der Waals surface area contributed by atoms with Crippen LogP contribution in [0.25, 0.3) is 0 Å². The van der Waals surface area contributed by atoms with E-state index < -0.39 is 0 Å². The van der Waals surface area contributed by atoms with Crippen molar-refractivity contribution < 1.29 is 4.39 Å². The highest BCUT2D eigenvalue weighted by molar-refractivity contribution is 7.80. The van der Waals surface area contributed by atoms with E-state index in [1.54, 1.807) is 12.1 Å². The van der Waals surface area contributed by atoms with E-state index in [2.05, 4.69) is 5.32 Å². The van der Waals surface area contributed by atoms with E-state index in [9.17, 15) is 4.39 Å². The Bertz CT molecular complexity index is 554. The monoisotopic (exact) mass is 279 g/mol. The number of hydrogen-bond acceptors (Lipinski definition) is 1. The molecule has 92 valence electrons. The first kappa shape index (κ1) is 13.0. The zero-order valence-electron chi connectivity index (χ0n) is 9.49. The second-order valence-corrected chi connectivity index (χ2v) is 4.60. The molecular weight excluding hydrogens is 269 g/mol. The maximum Gasteiger partial charge on any atom is 0.123 e. The van der Waals surface area contributed by atoms with E-state index in [1.807, 2.05) is 24.3 Å². The lowest BCUT2D eigenvalue weighted by Crippen LogP contribution is -2.21. The van der Waals surface area contributed by atoms with Crippen LogP contribution < -0.4 is 5.32 Å². The van der Waals surface area contributed by atoms with E-state index in [1.165, 1.54) is 12.1 Å². The van der Waals surface area contributed by atoms with Gasteiger partial charge in [0, 0.05) is 17.1 Å². The van der Waals surface area contributed by atoms with E-state index in [0.29, 0.717) is 16.6 Å². The molecule has 0 bridgehead atoms. The van der Waals surface area contributed by atoms with Crippen molar-refractivity contribution >= 4 is 28.8 Å². The summed E-state index contributed by atoms with van der Waals surface area (Å²) in [5.41, 5.74) is 1.77. The maximum absolute atomic E-state index is 12.8. The Kier molecular flexibility index (Phi) is 4.28. The van der Waals surface area contributed by atoms with Crippen molar-refractivity contribution in [3.63, 3.8) is 0 Å². The van der Waals surface area contributed by atoms with Gasteiger partial charge in [-0.1, -0.05) is 42.0 Å². The standard InChI is InChI=1S/C14H11ClFNS/c15-13-4-2-1-3-11(13)9-17-14(18)10-5-7-12(16)8-6-10/h1-8H,9H2,(H,17,18). The third-order valence-corrected chi connectivity index (χ3v) is 3.25. The van der Waals surface area contributed by atoms with Gasteiger partial charge in [0.2, 0.25) is 0 Å². The van der Waals surface area contributed by atoms with Crippen LogP contribution in [-0.4, -0.2) is 4.99 Å². The Morgan fingerprint density at radius 1 is 1.11 bits per heavy atom. The first-order chi connectivity index (χ1) is 8.66. The van der Waals surface area contributed by atoms with Crippen LogP contribution in [0.5, 0.6) is 0 Å². The summed E-state index contributed by atoms with van der Waals surface area (Å²) < 4.78 is 12.8. The lowest BCUT2D eigenvalue weighted by molar-refractivity contribution is 0.627. The summed E-state index contributed by atoms with van der Waals surface area (Å²) in [4.78, 5) is 0.579. The largest absolute Gasteiger partial charge is 0.372 e. The van der Waals surface area contributed by atoms with Crippen molar-refractivity contribution in [2.75, 3.05) is 0 Å². The van der Waals surface area contributed by atoms with Crippen LogP contribution in [0.3, 0.4) is 0 Å². The van der Waals surface area contributed by atoms with Gasteiger partial charge in [0.15, 0.2) is 0 Å². The number of benzene rings is 2. The number of thiocarbonyl (C=S) groups is 1. The van der Waals surface area contributed by atoms with Gasteiger partial charge in [-0.05, 0) is 35.9 Å². The molecule has 0 heterocycles. The van der Waals surface area contributed by atoms with Gasteiger partial charge in [0.1, 0.15) is 10.8 Å². The molecule has 0 radical (unpaired) electrons. The summed E-state index contributed by atoms with van der Waals surface area (Å²) in [5, 5.41) is 3.80. The van der Waals surface area contributed by atoms with Crippen LogP contribution >= 0.6 is 23.8 Å². The van der Waals surface area contributed by atoms with Crippen molar-refractivity contribution in [3.05, 3.63) is 70.5 Å². The first-order valence-electron chi connectivity index (χ1n) is 5.44.